The Kier molecular flexibility index (Phi) is 16.4. The average Bonchev–Trinajstić information content (AvgIpc) is 2.52. The van der Waals surface area contributed by atoms with E-state index in [1.54, 1.807) is 0 Å². The summed E-state index contributed by atoms with van der Waals surface area (Å²) in [4.78, 5) is 0. The number of aliphatic hydroxyl groups excluding tert-OH is 1. The van der Waals surface area contributed by atoms with E-state index in [1.807, 2.05) is 0 Å². The number of rotatable bonds is 8. The summed E-state index contributed by atoms with van der Waals surface area (Å²) in [7, 11) is 0. The standard InChI is InChI=1S/C9H16Br2O2.C4H8Cl2O/c10-5-8(6-11)7-13-9-3-1-2-4-12-9;5-1-4(2-6)3-7/h8-9H,1-7H2;4,7H,1-3H2. The van der Waals surface area contributed by atoms with Gasteiger partial charge in [0.2, 0.25) is 0 Å². The molecule has 0 aromatic rings. The summed E-state index contributed by atoms with van der Waals surface area (Å²) in [5, 5.41) is 10.3. The lowest BCUT2D eigenvalue weighted by Gasteiger charge is -2.24. The van der Waals surface area contributed by atoms with Crippen LogP contribution in [-0.2, 0) is 9.47 Å². The molecule has 0 amide bonds. The molecule has 1 aliphatic rings. The minimum Gasteiger partial charge on any atom is -0.396 e. The van der Waals surface area contributed by atoms with Crippen molar-refractivity contribution in [1.29, 1.82) is 0 Å². The molecule has 1 unspecified atom stereocenters. The third-order valence-electron chi connectivity index (χ3n) is 2.79. The molecule has 0 spiro atoms. The predicted molar refractivity (Wildman–Crippen MR) is 92.6 cm³/mol. The lowest BCUT2D eigenvalue weighted by Crippen LogP contribution is -2.25. The van der Waals surface area contributed by atoms with Gasteiger partial charge < -0.3 is 14.6 Å². The first-order chi connectivity index (χ1) is 9.71. The summed E-state index contributed by atoms with van der Waals surface area (Å²) in [6, 6.07) is 0. The second-order valence-corrected chi connectivity index (χ2v) is 6.57. The fraction of sp³-hybridized carbons (Fsp3) is 1.00. The fourth-order valence-electron chi connectivity index (χ4n) is 1.36. The van der Waals surface area contributed by atoms with Crippen molar-refractivity contribution in [2.24, 2.45) is 11.8 Å². The highest BCUT2D eigenvalue weighted by molar-refractivity contribution is 9.09. The largest absolute Gasteiger partial charge is 0.396 e. The van der Waals surface area contributed by atoms with Crippen LogP contribution >= 0.6 is 55.1 Å². The Hall–Kier alpha value is 1.42. The molecule has 0 aliphatic carbocycles. The van der Waals surface area contributed by atoms with E-state index in [4.69, 9.17) is 37.8 Å². The average molecular weight is 459 g/mol. The van der Waals surface area contributed by atoms with E-state index in [9.17, 15) is 0 Å². The van der Waals surface area contributed by atoms with Crippen molar-refractivity contribution in [2.75, 3.05) is 42.2 Å². The van der Waals surface area contributed by atoms with Crippen molar-refractivity contribution >= 4 is 55.1 Å². The lowest BCUT2D eigenvalue weighted by molar-refractivity contribution is -0.166. The van der Waals surface area contributed by atoms with Gasteiger partial charge in [0.15, 0.2) is 6.29 Å². The smallest absolute Gasteiger partial charge is 0.157 e. The van der Waals surface area contributed by atoms with Crippen LogP contribution in [0.15, 0.2) is 0 Å². The van der Waals surface area contributed by atoms with Crippen LogP contribution in [0.3, 0.4) is 0 Å². The first-order valence-corrected chi connectivity index (χ1v) is 10.1. The Bertz CT molecular complexity index is 195. The molecule has 1 fully saturated rings. The molecule has 0 bridgehead atoms. The van der Waals surface area contributed by atoms with Crippen LogP contribution < -0.4 is 0 Å². The third-order valence-corrected chi connectivity index (χ3v) is 5.49. The Morgan fingerprint density at radius 2 is 1.80 bits per heavy atom. The monoisotopic (exact) mass is 456 g/mol. The summed E-state index contributed by atoms with van der Waals surface area (Å²) in [5.41, 5.74) is 0. The van der Waals surface area contributed by atoms with Gasteiger partial charge in [-0.3, -0.25) is 0 Å². The molecule has 7 heteroatoms. The summed E-state index contributed by atoms with van der Waals surface area (Å²) in [5.74, 6) is 1.51. The molecule has 122 valence electrons. The van der Waals surface area contributed by atoms with Gasteiger partial charge >= 0.3 is 0 Å². The number of hydrogen-bond acceptors (Lipinski definition) is 3. The Morgan fingerprint density at radius 3 is 2.15 bits per heavy atom. The summed E-state index contributed by atoms with van der Waals surface area (Å²) in [6.07, 6.45) is 3.52. The first-order valence-electron chi connectivity index (χ1n) is 6.79. The molecule has 1 aliphatic heterocycles. The molecule has 20 heavy (non-hydrogen) atoms. The van der Waals surface area contributed by atoms with Gasteiger partial charge in [0, 0.05) is 47.5 Å². The van der Waals surface area contributed by atoms with E-state index in [1.165, 1.54) is 12.8 Å². The number of ether oxygens (including phenoxy) is 2. The predicted octanol–water partition coefficient (Wildman–Crippen LogP) is 4.01. The van der Waals surface area contributed by atoms with Gasteiger partial charge in [0.05, 0.1) is 6.61 Å². The zero-order valence-corrected chi connectivity index (χ0v) is 16.3. The highest BCUT2D eigenvalue weighted by atomic mass is 79.9. The molecule has 0 aromatic carbocycles. The summed E-state index contributed by atoms with van der Waals surface area (Å²) >= 11 is 17.5. The van der Waals surface area contributed by atoms with Gasteiger partial charge in [-0.1, -0.05) is 31.9 Å². The molecule has 1 N–H and O–H groups in total. The molecular weight excluding hydrogens is 435 g/mol. The molecule has 0 radical (unpaired) electrons. The highest BCUT2D eigenvalue weighted by Gasteiger charge is 2.15. The van der Waals surface area contributed by atoms with Crippen LogP contribution in [0.4, 0.5) is 0 Å². The zero-order valence-electron chi connectivity index (χ0n) is 11.6. The van der Waals surface area contributed by atoms with E-state index in [2.05, 4.69) is 31.9 Å². The summed E-state index contributed by atoms with van der Waals surface area (Å²) < 4.78 is 11.1. The number of hydrogen-bond donors (Lipinski definition) is 1. The quantitative estimate of drug-likeness (QED) is 0.558. The molecule has 3 nitrogen and oxygen atoms in total. The Labute approximate surface area is 148 Å². The number of halogens is 4. The van der Waals surface area contributed by atoms with Gasteiger partial charge in [0.25, 0.3) is 0 Å². The van der Waals surface area contributed by atoms with Crippen LogP contribution in [0.25, 0.3) is 0 Å². The van der Waals surface area contributed by atoms with Gasteiger partial charge in [-0.2, -0.15) is 0 Å². The normalized spacial score (nSPS) is 19.1. The molecular formula is C13H24Br2Cl2O3. The van der Waals surface area contributed by atoms with Crippen LogP contribution in [0.2, 0.25) is 0 Å². The second-order valence-electron chi connectivity index (χ2n) is 4.66. The lowest BCUT2D eigenvalue weighted by atomic mass is 10.2. The maximum Gasteiger partial charge on any atom is 0.157 e. The number of aliphatic hydroxyl groups is 1. The highest BCUT2D eigenvalue weighted by Crippen LogP contribution is 2.15. The topological polar surface area (TPSA) is 38.7 Å². The fourth-order valence-corrected chi connectivity index (χ4v) is 3.33. The molecule has 1 atom stereocenters. The van der Waals surface area contributed by atoms with E-state index >= 15 is 0 Å². The van der Waals surface area contributed by atoms with Gasteiger partial charge in [-0.15, -0.1) is 23.2 Å². The van der Waals surface area contributed by atoms with Gasteiger partial charge in [-0.05, 0) is 19.3 Å². The van der Waals surface area contributed by atoms with Gasteiger partial charge in [0.1, 0.15) is 0 Å². The van der Waals surface area contributed by atoms with E-state index < -0.39 is 0 Å². The summed E-state index contributed by atoms with van der Waals surface area (Å²) in [6.45, 7) is 1.73. The molecule has 1 heterocycles. The van der Waals surface area contributed by atoms with E-state index in [0.717, 1.165) is 30.3 Å². The van der Waals surface area contributed by atoms with Crippen molar-refractivity contribution in [2.45, 2.75) is 25.6 Å². The van der Waals surface area contributed by atoms with Crippen molar-refractivity contribution in [3.05, 3.63) is 0 Å². The van der Waals surface area contributed by atoms with Crippen molar-refractivity contribution < 1.29 is 14.6 Å². The van der Waals surface area contributed by atoms with Crippen LogP contribution in [0.5, 0.6) is 0 Å². The Morgan fingerprint density at radius 1 is 1.15 bits per heavy atom. The van der Waals surface area contributed by atoms with Crippen molar-refractivity contribution in [3.8, 4) is 0 Å². The third kappa shape index (κ3) is 11.0. The van der Waals surface area contributed by atoms with E-state index in [0.29, 0.717) is 17.7 Å². The first kappa shape index (κ1) is 21.4. The van der Waals surface area contributed by atoms with Gasteiger partial charge in [-0.25, -0.2) is 0 Å². The van der Waals surface area contributed by atoms with E-state index in [-0.39, 0.29) is 18.8 Å². The minimum absolute atomic E-state index is 0.0503. The zero-order chi connectivity index (χ0) is 15.2. The second kappa shape index (κ2) is 15.3. The maximum absolute atomic E-state index is 8.36. The molecule has 0 aromatic heterocycles. The Balaban J connectivity index is 0.000000441. The molecule has 1 rings (SSSR count). The molecule has 1 saturated heterocycles. The van der Waals surface area contributed by atoms with Crippen LogP contribution in [0.1, 0.15) is 19.3 Å². The SMILES string of the molecule is BrCC(CBr)COC1CCCCO1.OCC(CCl)CCl. The molecule has 0 saturated carbocycles. The number of alkyl halides is 4. The van der Waals surface area contributed by atoms with Crippen molar-refractivity contribution in [1.82, 2.24) is 0 Å². The minimum atomic E-state index is 0.0503. The maximum atomic E-state index is 8.36. The van der Waals surface area contributed by atoms with Crippen LogP contribution in [0, 0.1) is 11.8 Å². The van der Waals surface area contributed by atoms with Crippen molar-refractivity contribution in [3.63, 3.8) is 0 Å². The van der Waals surface area contributed by atoms with Crippen LogP contribution in [-0.4, -0.2) is 53.6 Å².